The van der Waals surface area contributed by atoms with Gasteiger partial charge < -0.3 is 14.1 Å². The van der Waals surface area contributed by atoms with E-state index in [4.69, 9.17) is 9.15 Å². The van der Waals surface area contributed by atoms with Crippen LogP contribution in [0.3, 0.4) is 0 Å². The van der Waals surface area contributed by atoms with E-state index in [0.29, 0.717) is 25.5 Å². The van der Waals surface area contributed by atoms with Gasteiger partial charge in [-0.15, -0.1) is 0 Å². The summed E-state index contributed by atoms with van der Waals surface area (Å²) in [5.74, 6) is 0.237. The van der Waals surface area contributed by atoms with E-state index >= 15 is 0 Å². The minimum atomic E-state index is -3.85. The molecule has 2 heterocycles. The fourth-order valence-corrected chi connectivity index (χ4v) is 4.31. The molecule has 0 aliphatic carbocycles. The van der Waals surface area contributed by atoms with Gasteiger partial charge in [-0.2, -0.15) is 4.31 Å². The maximum absolute atomic E-state index is 13.1. The Bertz CT molecular complexity index is 862. The smallest absolute Gasteiger partial charge is 0.243 e. The van der Waals surface area contributed by atoms with Crippen LogP contribution in [0.1, 0.15) is 18.2 Å². The molecule has 0 radical (unpaired) electrons. The Morgan fingerprint density at radius 1 is 1.26 bits per heavy atom. The zero-order chi connectivity index (χ0) is 19.4. The van der Waals surface area contributed by atoms with Crippen molar-refractivity contribution in [1.29, 1.82) is 0 Å². The second-order valence-corrected chi connectivity index (χ2v) is 8.62. The van der Waals surface area contributed by atoms with E-state index in [9.17, 15) is 13.2 Å². The van der Waals surface area contributed by atoms with Gasteiger partial charge in [-0.1, -0.05) is 17.7 Å². The molecule has 1 aliphatic heterocycles. The topological polar surface area (TPSA) is 80.1 Å². The third-order valence-corrected chi connectivity index (χ3v) is 6.28. The Hall–Kier alpha value is -2.16. The first-order chi connectivity index (χ1) is 12.9. The molecular formula is C19H24N2O5S. The van der Waals surface area contributed by atoms with Crippen LogP contribution in [0, 0.1) is 6.92 Å². The zero-order valence-electron chi connectivity index (χ0n) is 15.5. The molecule has 8 heteroatoms. The van der Waals surface area contributed by atoms with Crippen molar-refractivity contribution in [2.45, 2.75) is 31.4 Å². The first kappa shape index (κ1) is 19.6. The molecule has 1 aromatic carbocycles. The molecule has 0 spiro atoms. The molecule has 1 atom stereocenters. The van der Waals surface area contributed by atoms with E-state index in [0.717, 1.165) is 5.56 Å². The van der Waals surface area contributed by atoms with Gasteiger partial charge in [0.25, 0.3) is 0 Å². The molecule has 0 saturated carbocycles. The van der Waals surface area contributed by atoms with Crippen LogP contribution in [0.4, 0.5) is 0 Å². The van der Waals surface area contributed by atoms with Crippen molar-refractivity contribution in [3.63, 3.8) is 0 Å². The van der Waals surface area contributed by atoms with Gasteiger partial charge in [0.05, 0.1) is 37.0 Å². The molecule has 7 nitrogen and oxygen atoms in total. The van der Waals surface area contributed by atoms with Gasteiger partial charge in [0.2, 0.25) is 15.9 Å². The van der Waals surface area contributed by atoms with Crippen molar-refractivity contribution < 1.29 is 22.4 Å². The van der Waals surface area contributed by atoms with Crippen molar-refractivity contribution in [1.82, 2.24) is 9.21 Å². The number of aryl methyl sites for hydroxylation is 1. The number of nitrogens with zero attached hydrogens (tertiary/aromatic N) is 2. The summed E-state index contributed by atoms with van der Waals surface area (Å²) in [7, 11) is -3.85. The number of sulfonamides is 1. The van der Waals surface area contributed by atoms with Crippen LogP contribution >= 0.6 is 0 Å². The Balaban J connectivity index is 1.84. The van der Waals surface area contributed by atoms with Crippen molar-refractivity contribution in [3.05, 3.63) is 54.0 Å². The maximum Gasteiger partial charge on any atom is 0.243 e. The van der Waals surface area contributed by atoms with Crippen LogP contribution in [-0.2, 0) is 26.1 Å². The Morgan fingerprint density at radius 2 is 2.00 bits per heavy atom. The summed E-state index contributed by atoms with van der Waals surface area (Å²) in [4.78, 5) is 14.6. The van der Waals surface area contributed by atoms with Crippen molar-refractivity contribution in [2.24, 2.45) is 0 Å². The summed E-state index contributed by atoms with van der Waals surface area (Å²) in [5.41, 5.74) is 0.963. The highest BCUT2D eigenvalue weighted by Crippen LogP contribution is 2.20. The van der Waals surface area contributed by atoms with E-state index in [1.807, 2.05) is 13.8 Å². The fourth-order valence-electron chi connectivity index (χ4n) is 2.96. The first-order valence-corrected chi connectivity index (χ1v) is 10.3. The molecule has 0 bridgehead atoms. The van der Waals surface area contributed by atoms with Gasteiger partial charge in [-0.3, -0.25) is 4.79 Å². The minimum Gasteiger partial charge on any atom is -0.468 e. The monoisotopic (exact) mass is 392 g/mol. The van der Waals surface area contributed by atoms with E-state index in [2.05, 4.69) is 0 Å². The van der Waals surface area contributed by atoms with Gasteiger partial charge in [0, 0.05) is 13.1 Å². The Morgan fingerprint density at radius 3 is 2.63 bits per heavy atom. The lowest BCUT2D eigenvalue weighted by molar-refractivity contribution is -0.138. The van der Waals surface area contributed by atoms with Gasteiger partial charge in [0.1, 0.15) is 5.76 Å². The van der Waals surface area contributed by atoms with Gasteiger partial charge >= 0.3 is 0 Å². The second kappa shape index (κ2) is 8.24. The first-order valence-electron chi connectivity index (χ1n) is 8.85. The largest absolute Gasteiger partial charge is 0.468 e. The summed E-state index contributed by atoms with van der Waals surface area (Å²) >= 11 is 0. The van der Waals surface area contributed by atoms with E-state index in [-0.39, 0.29) is 30.0 Å². The SMILES string of the molecule is Cc1ccc(S(=O)(=O)N(CC(=O)N2CCOC(C)C2)Cc2ccco2)cc1. The van der Waals surface area contributed by atoms with Crippen LogP contribution < -0.4 is 0 Å². The molecule has 1 aliphatic rings. The number of rotatable bonds is 6. The number of hydrogen-bond donors (Lipinski definition) is 0. The third-order valence-electron chi connectivity index (χ3n) is 4.48. The molecule has 1 amide bonds. The normalized spacial score (nSPS) is 18.0. The highest BCUT2D eigenvalue weighted by Gasteiger charge is 2.30. The highest BCUT2D eigenvalue weighted by molar-refractivity contribution is 7.89. The van der Waals surface area contributed by atoms with Crippen molar-refractivity contribution >= 4 is 15.9 Å². The van der Waals surface area contributed by atoms with Crippen molar-refractivity contribution in [3.8, 4) is 0 Å². The Kier molecular flexibility index (Phi) is 5.98. The lowest BCUT2D eigenvalue weighted by Crippen LogP contribution is -2.49. The summed E-state index contributed by atoms with van der Waals surface area (Å²) in [6, 6.07) is 9.98. The number of furan rings is 1. The number of carbonyl (C=O) groups is 1. The van der Waals surface area contributed by atoms with Gasteiger partial charge in [-0.25, -0.2) is 8.42 Å². The number of morpholine rings is 1. The highest BCUT2D eigenvalue weighted by atomic mass is 32.2. The predicted molar refractivity (Wildman–Crippen MR) is 99.5 cm³/mol. The summed E-state index contributed by atoms with van der Waals surface area (Å²) in [6.07, 6.45) is 1.42. The lowest BCUT2D eigenvalue weighted by atomic mass is 10.2. The molecule has 1 unspecified atom stereocenters. The molecule has 27 heavy (non-hydrogen) atoms. The summed E-state index contributed by atoms with van der Waals surface area (Å²) in [5, 5.41) is 0. The van der Waals surface area contributed by atoms with E-state index in [1.54, 1.807) is 41.3 Å². The number of carbonyl (C=O) groups excluding carboxylic acids is 1. The van der Waals surface area contributed by atoms with Crippen LogP contribution in [0.25, 0.3) is 0 Å². The minimum absolute atomic E-state index is 0.00512. The average Bonchev–Trinajstić information content (AvgIpc) is 3.14. The number of hydrogen-bond acceptors (Lipinski definition) is 5. The molecule has 1 saturated heterocycles. The molecule has 3 rings (SSSR count). The van der Waals surface area contributed by atoms with Gasteiger partial charge in [-0.05, 0) is 38.1 Å². The fraction of sp³-hybridized carbons (Fsp3) is 0.421. The van der Waals surface area contributed by atoms with E-state index in [1.165, 1.54) is 10.6 Å². The summed E-state index contributed by atoms with van der Waals surface area (Å²) < 4.78 is 38.2. The zero-order valence-corrected chi connectivity index (χ0v) is 16.3. The third kappa shape index (κ3) is 4.77. The summed E-state index contributed by atoms with van der Waals surface area (Å²) in [6.45, 7) is 4.90. The number of ether oxygens (including phenoxy) is 1. The number of benzene rings is 1. The van der Waals surface area contributed by atoms with E-state index < -0.39 is 10.0 Å². The van der Waals surface area contributed by atoms with Crippen molar-refractivity contribution in [2.75, 3.05) is 26.2 Å². The standard InChI is InChI=1S/C19H24N2O5S/c1-15-5-7-18(8-6-15)27(23,24)21(13-17-4-3-10-26-17)14-19(22)20-9-11-25-16(2)12-20/h3-8,10,16H,9,11-14H2,1-2H3. The second-order valence-electron chi connectivity index (χ2n) is 6.69. The van der Waals surface area contributed by atoms with Crippen LogP contribution in [-0.4, -0.2) is 55.9 Å². The molecule has 146 valence electrons. The maximum atomic E-state index is 13.1. The average molecular weight is 392 g/mol. The molecular weight excluding hydrogens is 368 g/mol. The van der Waals surface area contributed by atoms with Crippen LogP contribution in [0.15, 0.2) is 52.0 Å². The van der Waals surface area contributed by atoms with Crippen LogP contribution in [0.5, 0.6) is 0 Å². The van der Waals surface area contributed by atoms with Crippen LogP contribution in [0.2, 0.25) is 0 Å². The quantitative estimate of drug-likeness (QED) is 0.751. The molecule has 2 aromatic rings. The molecule has 0 N–H and O–H groups in total. The van der Waals surface area contributed by atoms with Gasteiger partial charge in [0.15, 0.2) is 0 Å². The molecule has 1 aromatic heterocycles. The molecule has 1 fully saturated rings. The number of amides is 1. The Labute approximate surface area is 159 Å². The lowest BCUT2D eigenvalue weighted by Gasteiger charge is -2.32. The predicted octanol–water partition coefficient (Wildman–Crippen LogP) is 2.03.